The lowest BCUT2D eigenvalue weighted by molar-refractivity contribution is -0.384. The van der Waals surface area contributed by atoms with Crippen LogP contribution in [-0.4, -0.2) is 46.0 Å². The van der Waals surface area contributed by atoms with Crippen LogP contribution in [0.15, 0.2) is 30.3 Å². The first-order valence-corrected chi connectivity index (χ1v) is 9.60. The summed E-state index contributed by atoms with van der Waals surface area (Å²) < 4.78 is 18.0. The van der Waals surface area contributed by atoms with E-state index in [2.05, 4.69) is 20.4 Å². The molecule has 0 aliphatic carbocycles. The van der Waals surface area contributed by atoms with Gasteiger partial charge in [-0.3, -0.25) is 10.1 Å². The van der Waals surface area contributed by atoms with Crippen molar-refractivity contribution in [2.24, 2.45) is 0 Å². The maximum Gasteiger partial charge on any atom is 0.270 e. The summed E-state index contributed by atoms with van der Waals surface area (Å²) in [4.78, 5) is 19.2. The highest BCUT2D eigenvalue weighted by atomic mass is 32.1. The normalized spacial score (nSPS) is 10.8. The molecule has 31 heavy (non-hydrogen) atoms. The quantitative estimate of drug-likeness (QED) is 0.322. The van der Waals surface area contributed by atoms with Crippen LogP contribution in [0.4, 0.5) is 23.3 Å². The number of methoxy groups -OCH3 is 3. The zero-order valence-electron chi connectivity index (χ0n) is 16.6. The standard InChI is InChI=1S/C18H17N7O5S/c1-28-12-6-9(7-13(29-2)15(12)30-3)20-17-22-16(19)24(23-17)18-21-11-5-4-10(25(26)27)8-14(11)31-18/h4-8H,1-3H3,(H3,19,20,22,23). The Morgan fingerprint density at radius 1 is 1.10 bits per heavy atom. The van der Waals surface area contributed by atoms with E-state index < -0.39 is 4.92 Å². The number of nitrogens with one attached hydrogen (secondary N) is 1. The minimum Gasteiger partial charge on any atom is -0.493 e. The lowest BCUT2D eigenvalue weighted by Crippen LogP contribution is -2.02. The van der Waals surface area contributed by atoms with E-state index >= 15 is 0 Å². The Kier molecular flexibility index (Phi) is 5.17. The molecule has 0 aliphatic heterocycles. The summed E-state index contributed by atoms with van der Waals surface area (Å²) in [5.74, 6) is 1.70. The fraction of sp³-hybridized carbons (Fsp3) is 0.167. The molecule has 13 heteroatoms. The van der Waals surface area contributed by atoms with E-state index in [0.717, 1.165) is 0 Å². The van der Waals surface area contributed by atoms with Crippen LogP contribution in [0.3, 0.4) is 0 Å². The number of nitrogen functional groups attached to an aromatic ring is 1. The molecule has 2 aromatic carbocycles. The molecule has 0 saturated carbocycles. The van der Waals surface area contributed by atoms with E-state index in [1.807, 2.05) is 0 Å². The fourth-order valence-corrected chi connectivity index (χ4v) is 3.86. The third kappa shape index (κ3) is 3.73. The van der Waals surface area contributed by atoms with Crippen molar-refractivity contribution in [1.29, 1.82) is 0 Å². The third-order valence-corrected chi connectivity index (χ3v) is 5.30. The van der Waals surface area contributed by atoms with E-state index in [1.54, 1.807) is 18.2 Å². The molecule has 4 rings (SSSR count). The van der Waals surface area contributed by atoms with E-state index in [-0.39, 0.29) is 17.6 Å². The van der Waals surface area contributed by atoms with Gasteiger partial charge in [0.1, 0.15) is 0 Å². The lowest BCUT2D eigenvalue weighted by atomic mass is 10.2. The number of nitro groups is 1. The van der Waals surface area contributed by atoms with Crippen molar-refractivity contribution in [2.75, 3.05) is 32.4 Å². The van der Waals surface area contributed by atoms with Crippen LogP contribution in [0.5, 0.6) is 17.2 Å². The first-order valence-electron chi connectivity index (χ1n) is 8.78. The van der Waals surface area contributed by atoms with Gasteiger partial charge in [0.15, 0.2) is 11.5 Å². The summed E-state index contributed by atoms with van der Waals surface area (Å²) in [6.07, 6.45) is 0. The Labute approximate surface area is 179 Å². The molecule has 0 amide bonds. The van der Waals surface area contributed by atoms with Gasteiger partial charge in [0.05, 0.1) is 36.5 Å². The number of thiazole rings is 1. The van der Waals surface area contributed by atoms with E-state index in [4.69, 9.17) is 19.9 Å². The number of aromatic nitrogens is 4. The van der Waals surface area contributed by atoms with E-state index in [1.165, 1.54) is 49.5 Å². The molecule has 160 valence electrons. The van der Waals surface area contributed by atoms with Crippen molar-refractivity contribution in [2.45, 2.75) is 0 Å². The minimum atomic E-state index is -0.456. The summed E-state index contributed by atoms with van der Waals surface area (Å²) >= 11 is 1.21. The molecule has 2 aromatic heterocycles. The van der Waals surface area contributed by atoms with E-state index in [0.29, 0.717) is 38.3 Å². The smallest absolute Gasteiger partial charge is 0.270 e. The Morgan fingerprint density at radius 2 is 1.81 bits per heavy atom. The molecule has 0 spiro atoms. The summed E-state index contributed by atoms with van der Waals surface area (Å²) in [5, 5.41) is 18.8. The number of non-ortho nitro benzene ring substituents is 1. The molecular formula is C18H17N7O5S. The predicted octanol–water partition coefficient (Wildman–Crippen LogP) is 3.14. The van der Waals surface area contributed by atoms with Gasteiger partial charge in [-0.25, -0.2) is 4.98 Å². The Hall–Kier alpha value is -4.13. The number of hydrogen-bond acceptors (Lipinski definition) is 11. The SMILES string of the molecule is COc1cc(Nc2nc(N)n(-c3nc4ccc([N+](=O)[O-])cc4s3)n2)cc(OC)c1OC. The van der Waals surface area contributed by atoms with Crippen molar-refractivity contribution < 1.29 is 19.1 Å². The minimum absolute atomic E-state index is 0.0148. The zero-order chi connectivity index (χ0) is 22.1. The van der Waals surface area contributed by atoms with Gasteiger partial charge in [-0.2, -0.15) is 9.67 Å². The second kappa shape index (κ2) is 7.95. The number of rotatable bonds is 7. The fourth-order valence-electron chi connectivity index (χ4n) is 2.91. The van der Waals surface area contributed by atoms with Gasteiger partial charge in [0, 0.05) is 30.0 Å². The molecule has 4 aromatic rings. The Bertz CT molecular complexity index is 1260. The topological polar surface area (TPSA) is 152 Å². The predicted molar refractivity (Wildman–Crippen MR) is 115 cm³/mol. The molecular weight excluding hydrogens is 426 g/mol. The number of benzene rings is 2. The number of hydrogen-bond donors (Lipinski definition) is 2. The number of nitrogens with zero attached hydrogens (tertiary/aromatic N) is 5. The molecule has 3 N–H and O–H groups in total. The van der Waals surface area contributed by atoms with Crippen LogP contribution < -0.4 is 25.3 Å². The zero-order valence-corrected chi connectivity index (χ0v) is 17.5. The van der Waals surface area contributed by atoms with Crippen molar-refractivity contribution >= 4 is 44.8 Å². The van der Waals surface area contributed by atoms with Crippen molar-refractivity contribution in [3.63, 3.8) is 0 Å². The monoisotopic (exact) mass is 443 g/mol. The highest BCUT2D eigenvalue weighted by Gasteiger charge is 2.17. The summed E-state index contributed by atoms with van der Waals surface area (Å²) in [5.41, 5.74) is 7.19. The number of nitrogens with two attached hydrogens (primary N) is 1. The maximum absolute atomic E-state index is 11.0. The lowest BCUT2D eigenvalue weighted by Gasteiger charge is -2.14. The van der Waals surface area contributed by atoms with Gasteiger partial charge in [-0.15, -0.1) is 5.10 Å². The number of ether oxygens (including phenoxy) is 3. The molecule has 0 aliphatic rings. The average molecular weight is 443 g/mol. The van der Waals surface area contributed by atoms with Gasteiger partial charge in [0.2, 0.25) is 22.8 Å². The van der Waals surface area contributed by atoms with Crippen LogP contribution in [-0.2, 0) is 0 Å². The molecule has 2 heterocycles. The third-order valence-electron chi connectivity index (χ3n) is 4.31. The molecule has 0 saturated heterocycles. The van der Waals surface area contributed by atoms with Crippen LogP contribution in [0.1, 0.15) is 0 Å². The second-order valence-corrected chi connectivity index (χ2v) is 7.16. The number of fused-ring (bicyclic) bond motifs is 1. The van der Waals surface area contributed by atoms with Gasteiger partial charge in [-0.1, -0.05) is 11.3 Å². The van der Waals surface area contributed by atoms with Crippen LogP contribution >= 0.6 is 11.3 Å². The largest absolute Gasteiger partial charge is 0.493 e. The summed E-state index contributed by atoms with van der Waals surface area (Å²) in [7, 11) is 4.55. The Morgan fingerprint density at radius 3 is 2.42 bits per heavy atom. The second-order valence-electron chi connectivity index (χ2n) is 6.15. The molecule has 0 radical (unpaired) electrons. The molecule has 12 nitrogen and oxygen atoms in total. The van der Waals surface area contributed by atoms with Crippen molar-refractivity contribution in [1.82, 2.24) is 19.7 Å². The first kappa shape index (κ1) is 20.2. The first-order chi connectivity index (χ1) is 14.9. The Balaban J connectivity index is 1.67. The van der Waals surface area contributed by atoms with Crippen LogP contribution in [0.2, 0.25) is 0 Å². The van der Waals surface area contributed by atoms with Gasteiger partial charge in [-0.05, 0) is 6.07 Å². The summed E-state index contributed by atoms with van der Waals surface area (Å²) in [6.45, 7) is 0. The highest BCUT2D eigenvalue weighted by molar-refractivity contribution is 7.20. The maximum atomic E-state index is 11.0. The van der Waals surface area contributed by atoms with Crippen LogP contribution in [0, 0.1) is 10.1 Å². The molecule has 0 unspecified atom stereocenters. The average Bonchev–Trinajstić information content (AvgIpc) is 3.34. The van der Waals surface area contributed by atoms with Crippen molar-refractivity contribution in [3.05, 3.63) is 40.4 Å². The van der Waals surface area contributed by atoms with Gasteiger partial charge >= 0.3 is 0 Å². The highest BCUT2D eigenvalue weighted by Crippen LogP contribution is 2.40. The van der Waals surface area contributed by atoms with Crippen LogP contribution in [0.25, 0.3) is 15.3 Å². The van der Waals surface area contributed by atoms with E-state index in [9.17, 15) is 10.1 Å². The molecule has 0 bridgehead atoms. The number of anilines is 3. The van der Waals surface area contributed by atoms with Crippen molar-refractivity contribution in [3.8, 4) is 22.4 Å². The molecule has 0 fully saturated rings. The summed E-state index contributed by atoms with van der Waals surface area (Å²) in [6, 6.07) is 7.84. The number of nitro benzene ring substituents is 1. The molecule has 0 atom stereocenters. The van der Waals surface area contributed by atoms with Gasteiger partial charge < -0.3 is 25.3 Å². The van der Waals surface area contributed by atoms with Gasteiger partial charge in [0.25, 0.3) is 5.69 Å².